The van der Waals surface area contributed by atoms with E-state index >= 15 is 0 Å². The molecule has 1 heterocycles. The molecule has 0 aliphatic heterocycles. The first-order valence-electron chi connectivity index (χ1n) is 5.52. The Hall–Kier alpha value is -1.75. The Kier molecular flexibility index (Phi) is 4.04. The van der Waals surface area contributed by atoms with E-state index in [-0.39, 0.29) is 5.91 Å². The fourth-order valence-corrected chi connectivity index (χ4v) is 1.98. The van der Waals surface area contributed by atoms with Gasteiger partial charge in [-0.15, -0.1) is 0 Å². The maximum Gasteiger partial charge on any atom is 0.255 e. The fourth-order valence-electron chi connectivity index (χ4n) is 1.56. The molecule has 18 heavy (non-hydrogen) atoms. The molecule has 2 rings (SSSR count). The second-order valence-corrected chi connectivity index (χ2v) is 4.58. The Morgan fingerprint density at radius 3 is 2.61 bits per heavy atom. The average Bonchev–Trinajstić information content (AvgIpc) is 2.78. The number of benzene rings is 1. The molecule has 2 aromatic rings. The molecular formula is C13H13BrN2O2. The van der Waals surface area contributed by atoms with Gasteiger partial charge >= 0.3 is 0 Å². The summed E-state index contributed by atoms with van der Waals surface area (Å²) in [6.45, 7) is 0.570. The minimum atomic E-state index is -0.147. The van der Waals surface area contributed by atoms with Gasteiger partial charge in [-0.25, -0.2) is 0 Å². The normalized spacial score (nSPS) is 10.3. The lowest BCUT2D eigenvalue weighted by atomic mass is 10.1. The summed E-state index contributed by atoms with van der Waals surface area (Å²) >= 11 is 3.17. The van der Waals surface area contributed by atoms with E-state index in [1.807, 2.05) is 24.3 Å². The zero-order valence-corrected chi connectivity index (χ0v) is 11.2. The highest BCUT2D eigenvalue weighted by Gasteiger charge is 2.11. The van der Waals surface area contributed by atoms with Gasteiger partial charge in [0.25, 0.3) is 5.91 Å². The van der Waals surface area contributed by atoms with E-state index in [4.69, 9.17) is 10.2 Å². The first kappa shape index (κ1) is 12.7. The smallest absolute Gasteiger partial charge is 0.255 e. The van der Waals surface area contributed by atoms with Crippen LogP contribution >= 0.6 is 15.9 Å². The number of rotatable bonds is 4. The van der Waals surface area contributed by atoms with Crippen molar-refractivity contribution in [1.82, 2.24) is 5.32 Å². The lowest BCUT2D eigenvalue weighted by Gasteiger charge is -2.04. The molecule has 5 heteroatoms. The predicted octanol–water partition coefficient (Wildman–Crippen LogP) is 2.60. The molecule has 0 atom stereocenters. The van der Waals surface area contributed by atoms with Crippen LogP contribution in [0, 0.1) is 0 Å². The molecule has 0 aliphatic rings. The summed E-state index contributed by atoms with van der Waals surface area (Å²) < 4.78 is 5.46. The van der Waals surface area contributed by atoms with Crippen LogP contribution in [0.25, 0.3) is 0 Å². The van der Waals surface area contributed by atoms with Gasteiger partial charge < -0.3 is 15.5 Å². The standard InChI is InChI=1S/C13H13BrN2O2/c14-12-11(6-8-18-12)13(17)16-7-5-9-1-3-10(15)4-2-9/h1-4,6,8H,5,7,15H2,(H,16,17). The van der Waals surface area contributed by atoms with Crippen molar-refractivity contribution in [3.8, 4) is 0 Å². The van der Waals surface area contributed by atoms with Crippen LogP contribution in [0.2, 0.25) is 0 Å². The van der Waals surface area contributed by atoms with Gasteiger partial charge in [0.05, 0.1) is 11.8 Å². The molecule has 1 amide bonds. The fraction of sp³-hybridized carbons (Fsp3) is 0.154. The first-order chi connectivity index (χ1) is 8.66. The highest BCUT2D eigenvalue weighted by molar-refractivity contribution is 9.10. The van der Waals surface area contributed by atoms with E-state index in [9.17, 15) is 4.79 Å². The number of nitrogen functional groups attached to an aromatic ring is 1. The lowest BCUT2D eigenvalue weighted by molar-refractivity contribution is 0.0952. The highest BCUT2D eigenvalue weighted by Crippen LogP contribution is 2.17. The topological polar surface area (TPSA) is 68.3 Å². The molecule has 0 saturated heterocycles. The summed E-state index contributed by atoms with van der Waals surface area (Å²) in [7, 11) is 0. The molecule has 0 radical (unpaired) electrons. The third kappa shape index (κ3) is 3.13. The number of hydrogen-bond acceptors (Lipinski definition) is 3. The average molecular weight is 309 g/mol. The van der Waals surface area contributed by atoms with Crippen LogP contribution in [0.3, 0.4) is 0 Å². The molecule has 1 aromatic heterocycles. The molecule has 0 aliphatic carbocycles. The third-order valence-electron chi connectivity index (χ3n) is 2.54. The van der Waals surface area contributed by atoms with Crippen molar-refractivity contribution in [2.45, 2.75) is 6.42 Å². The molecule has 0 saturated carbocycles. The van der Waals surface area contributed by atoms with E-state index in [2.05, 4.69) is 21.2 Å². The predicted molar refractivity (Wildman–Crippen MR) is 73.3 cm³/mol. The number of carbonyl (C=O) groups excluding carboxylic acids is 1. The Labute approximate surface area is 113 Å². The monoisotopic (exact) mass is 308 g/mol. The van der Waals surface area contributed by atoms with Gasteiger partial charge in [-0.2, -0.15) is 0 Å². The number of anilines is 1. The van der Waals surface area contributed by atoms with Crippen LogP contribution in [-0.2, 0) is 6.42 Å². The molecule has 0 spiro atoms. The summed E-state index contributed by atoms with van der Waals surface area (Å²) in [5, 5.41) is 2.83. The molecule has 0 fully saturated rings. The van der Waals surface area contributed by atoms with Gasteiger partial charge in [-0.1, -0.05) is 12.1 Å². The van der Waals surface area contributed by atoms with Crippen LogP contribution in [0.5, 0.6) is 0 Å². The van der Waals surface area contributed by atoms with E-state index in [0.717, 1.165) is 17.7 Å². The van der Waals surface area contributed by atoms with E-state index < -0.39 is 0 Å². The number of furan rings is 1. The van der Waals surface area contributed by atoms with Crippen LogP contribution in [0.4, 0.5) is 5.69 Å². The molecule has 1 aromatic carbocycles. The number of amides is 1. The van der Waals surface area contributed by atoms with Gasteiger partial charge in [0, 0.05) is 12.2 Å². The highest BCUT2D eigenvalue weighted by atomic mass is 79.9. The Balaban J connectivity index is 1.84. The summed E-state index contributed by atoms with van der Waals surface area (Å²) in [6, 6.07) is 9.24. The second-order valence-electron chi connectivity index (χ2n) is 3.86. The van der Waals surface area contributed by atoms with Gasteiger partial charge in [0.15, 0.2) is 4.67 Å². The van der Waals surface area contributed by atoms with Crippen LogP contribution < -0.4 is 11.1 Å². The Morgan fingerprint density at radius 2 is 2.00 bits per heavy atom. The van der Waals surface area contributed by atoms with Crippen LogP contribution in [0.1, 0.15) is 15.9 Å². The number of carbonyl (C=O) groups is 1. The summed E-state index contributed by atoms with van der Waals surface area (Å²) in [4.78, 5) is 11.7. The summed E-state index contributed by atoms with van der Waals surface area (Å²) in [5.74, 6) is -0.147. The van der Waals surface area contributed by atoms with Crippen molar-refractivity contribution in [1.29, 1.82) is 0 Å². The maximum absolute atomic E-state index is 11.7. The van der Waals surface area contributed by atoms with Gasteiger partial charge in [-0.3, -0.25) is 4.79 Å². The van der Waals surface area contributed by atoms with E-state index in [1.165, 1.54) is 6.26 Å². The van der Waals surface area contributed by atoms with Crippen LogP contribution in [0.15, 0.2) is 45.7 Å². The zero-order valence-electron chi connectivity index (χ0n) is 9.65. The summed E-state index contributed by atoms with van der Waals surface area (Å²) in [5.41, 5.74) is 7.98. The minimum absolute atomic E-state index is 0.147. The van der Waals surface area contributed by atoms with E-state index in [1.54, 1.807) is 6.07 Å². The number of nitrogens with one attached hydrogen (secondary N) is 1. The molecule has 0 bridgehead atoms. The Morgan fingerprint density at radius 1 is 1.28 bits per heavy atom. The molecular weight excluding hydrogens is 296 g/mol. The maximum atomic E-state index is 11.7. The van der Waals surface area contributed by atoms with Gasteiger partial charge in [0.2, 0.25) is 0 Å². The molecule has 94 valence electrons. The minimum Gasteiger partial charge on any atom is -0.457 e. The van der Waals surface area contributed by atoms with Crippen molar-refractivity contribution >= 4 is 27.5 Å². The van der Waals surface area contributed by atoms with Crippen LogP contribution in [-0.4, -0.2) is 12.5 Å². The molecule has 0 unspecified atom stereocenters. The summed E-state index contributed by atoms with van der Waals surface area (Å²) in [6.07, 6.45) is 2.24. The van der Waals surface area contributed by atoms with E-state index in [0.29, 0.717) is 16.8 Å². The quantitative estimate of drug-likeness (QED) is 0.853. The van der Waals surface area contributed by atoms with Crippen molar-refractivity contribution in [2.75, 3.05) is 12.3 Å². The van der Waals surface area contributed by atoms with Crippen molar-refractivity contribution in [3.63, 3.8) is 0 Å². The second kappa shape index (κ2) is 5.73. The number of halogens is 1. The first-order valence-corrected chi connectivity index (χ1v) is 6.32. The largest absolute Gasteiger partial charge is 0.457 e. The van der Waals surface area contributed by atoms with Crippen molar-refractivity contribution in [2.24, 2.45) is 0 Å². The van der Waals surface area contributed by atoms with Crippen molar-refractivity contribution in [3.05, 3.63) is 52.4 Å². The number of hydrogen-bond donors (Lipinski definition) is 2. The molecule has 4 nitrogen and oxygen atoms in total. The third-order valence-corrected chi connectivity index (χ3v) is 3.16. The van der Waals surface area contributed by atoms with Gasteiger partial charge in [0.1, 0.15) is 0 Å². The Bertz CT molecular complexity index is 534. The number of nitrogens with two attached hydrogens (primary N) is 1. The van der Waals surface area contributed by atoms with Gasteiger partial charge in [-0.05, 0) is 46.1 Å². The molecule has 3 N–H and O–H groups in total. The zero-order chi connectivity index (χ0) is 13.0. The lowest BCUT2D eigenvalue weighted by Crippen LogP contribution is -2.25. The SMILES string of the molecule is Nc1ccc(CCNC(=O)c2ccoc2Br)cc1. The van der Waals surface area contributed by atoms with Crippen molar-refractivity contribution < 1.29 is 9.21 Å².